The van der Waals surface area contributed by atoms with Crippen LogP contribution in [0.15, 0.2) is 24.5 Å². The van der Waals surface area contributed by atoms with Crippen LogP contribution in [0.3, 0.4) is 0 Å². The first-order chi connectivity index (χ1) is 8.65. The summed E-state index contributed by atoms with van der Waals surface area (Å²) >= 11 is 0. The number of ether oxygens (including phenoxy) is 1. The van der Waals surface area contributed by atoms with Gasteiger partial charge in [0.05, 0.1) is 13.0 Å². The average Bonchev–Trinajstić information content (AvgIpc) is 2.34. The quantitative estimate of drug-likeness (QED) is 0.866. The molecular weight excluding hydrogens is 236 g/mol. The highest BCUT2D eigenvalue weighted by atomic mass is 16.6. The molecule has 1 aliphatic rings. The van der Waals surface area contributed by atoms with E-state index in [1.54, 1.807) is 12.4 Å². The van der Waals surface area contributed by atoms with E-state index in [0.717, 1.165) is 5.56 Å². The number of pyridine rings is 1. The Morgan fingerprint density at radius 3 is 2.89 bits per heavy atom. The number of amides is 1. The number of hydrogen-bond acceptors (Lipinski definition) is 4. The van der Waals surface area contributed by atoms with Gasteiger partial charge < -0.3 is 14.7 Å². The van der Waals surface area contributed by atoms with Crippen LogP contribution >= 0.6 is 0 Å². The second-order valence-electron chi connectivity index (χ2n) is 4.28. The Bertz CT molecular complexity index is 435. The summed E-state index contributed by atoms with van der Waals surface area (Å²) in [4.78, 5) is 27.6. The van der Waals surface area contributed by atoms with Crippen LogP contribution in [-0.2, 0) is 16.1 Å². The number of aliphatic carboxylic acids is 1. The van der Waals surface area contributed by atoms with Crippen molar-refractivity contribution in [1.29, 1.82) is 0 Å². The molecule has 0 saturated carbocycles. The third-order valence-corrected chi connectivity index (χ3v) is 2.77. The molecular formula is C12H14N2O4. The van der Waals surface area contributed by atoms with E-state index in [4.69, 9.17) is 9.84 Å². The lowest BCUT2D eigenvalue weighted by Crippen LogP contribution is -2.43. The van der Waals surface area contributed by atoms with Crippen molar-refractivity contribution in [1.82, 2.24) is 9.88 Å². The summed E-state index contributed by atoms with van der Waals surface area (Å²) in [6.45, 7) is 1.00. The molecule has 2 rings (SSSR count). The number of carboxylic acid groups (broad SMARTS) is 1. The van der Waals surface area contributed by atoms with E-state index in [0.29, 0.717) is 13.1 Å². The lowest BCUT2D eigenvalue weighted by Gasteiger charge is -2.31. The van der Waals surface area contributed by atoms with Crippen LogP contribution < -0.4 is 0 Å². The maximum Gasteiger partial charge on any atom is 0.410 e. The topological polar surface area (TPSA) is 79.7 Å². The van der Waals surface area contributed by atoms with Crippen molar-refractivity contribution in [3.63, 3.8) is 0 Å². The van der Waals surface area contributed by atoms with Crippen molar-refractivity contribution >= 4 is 12.1 Å². The number of hydrogen-bond donors (Lipinski definition) is 1. The first-order valence-corrected chi connectivity index (χ1v) is 5.67. The second-order valence-corrected chi connectivity index (χ2v) is 4.28. The molecule has 0 radical (unpaired) electrons. The Kier molecular flexibility index (Phi) is 3.76. The molecule has 0 bridgehead atoms. The monoisotopic (exact) mass is 250 g/mol. The number of cyclic esters (lactones) is 1. The summed E-state index contributed by atoms with van der Waals surface area (Å²) in [5, 5.41) is 8.74. The smallest absolute Gasteiger partial charge is 0.410 e. The normalized spacial score (nSPS) is 19.4. The third kappa shape index (κ3) is 3.19. The van der Waals surface area contributed by atoms with Crippen LogP contribution in [0.4, 0.5) is 4.79 Å². The molecule has 0 aromatic carbocycles. The summed E-state index contributed by atoms with van der Waals surface area (Å²) in [5.41, 5.74) is 0.943. The van der Waals surface area contributed by atoms with Crippen LogP contribution in [0, 0.1) is 5.92 Å². The van der Waals surface area contributed by atoms with Crippen LogP contribution in [0.5, 0.6) is 0 Å². The van der Waals surface area contributed by atoms with Gasteiger partial charge in [0.2, 0.25) is 0 Å². The Hall–Kier alpha value is -2.11. The van der Waals surface area contributed by atoms with Gasteiger partial charge in [0.1, 0.15) is 0 Å². The average molecular weight is 250 g/mol. The fourth-order valence-electron chi connectivity index (χ4n) is 1.93. The van der Waals surface area contributed by atoms with Gasteiger partial charge in [-0.1, -0.05) is 0 Å². The molecule has 1 fully saturated rings. The lowest BCUT2D eigenvalue weighted by atomic mass is 10.0. The maximum absolute atomic E-state index is 11.6. The third-order valence-electron chi connectivity index (χ3n) is 2.77. The Morgan fingerprint density at radius 2 is 2.22 bits per heavy atom. The SMILES string of the molecule is O=C(O)CC1COC(=O)N(Cc2ccncc2)C1. The van der Waals surface area contributed by atoms with E-state index in [1.807, 2.05) is 12.1 Å². The standard InChI is InChI=1S/C12H14N2O4/c15-11(16)5-10-7-14(12(17)18-8-10)6-9-1-3-13-4-2-9/h1-4,10H,5-8H2,(H,15,16). The molecule has 0 aliphatic carbocycles. The van der Waals surface area contributed by atoms with Gasteiger partial charge in [0, 0.05) is 31.4 Å². The molecule has 6 heteroatoms. The molecule has 1 N–H and O–H groups in total. The van der Waals surface area contributed by atoms with Crippen LogP contribution in [0.1, 0.15) is 12.0 Å². The van der Waals surface area contributed by atoms with Gasteiger partial charge in [-0.15, -0.1) is 0 Å². The molecule has 1 amide bonds. The van der Waals surface area contributed by atoms with Gasteiger partial charge in [-0.05, 0) is 17.7 Å². The summed E-state index contributed by atoms with van der Waals surface area (Å²) in [5.74, 6) is -1.02. The second kappa shape index (κ2) is 5.48. The molecule has 2 heterocycles. The van der Waals surface area contributed by atoms with Gasteiger partial charge in [-0.2, -0.15) is 0 Å². The molecule has 18 heavy (non-hydrogen) atoms. The van der Waals surface area contributed by atoms with Crippen LogP contribution in [0.25, 0.3) is 0 Å². The molecule has 1 aromatic heterocycles. The Morgan fingerprint density at radius 1 is 1.50 bits per heavy atom. The van der Waals surface area contributed by atoms with Crippen LogP contribution in [0.2, 0.25) is 0 Å². The molecule has 96 valence electrons. The number of carboxylic acids is 1. The summed E-state index contributed by atoms with van der Waals surface area (Å²) < 4.78 is 4.98. The predicted octanol–water partition coefficient (Wildman–Crippen LogP) is 1.12. The molecule has 1 aliphatic heterocycles. The van der Waals surface area contributed by atoms with Gasteiger partial charge in [-0.3, -0.25) is 9.78 Å². The zero-order valence-corrected chi connectivity index (χ0v) is 9.78. The van der Waals surface area contributed by atoms with E-state index in [1.165, 1.54) is 4.90 Å². The maximum atomic E-state index is 11.6. The minimum atomic E-state index is -0.873. The van der Waals surface area contributed by atoms with E-state index in [9.17, 15) is 9.59 Å². The highest BCUT2D eigenvalue weighted by Crippen LogP contribution is 2.17. The molecule has 0 spiro atoms. The molecule has 1 saturated heterocycles. The van der Waals surface area contributed by atoms with Gasteiger partial charge in [-0.25, -0.2) is 4.79 Å². The van der Waals surface area contributed by atoms with Gasteiger partial charge in [0.15, 0.2) is 0 Å². The molecule has 1 unspecified atom stereocenters. The number of nitrogens with zero attached hydrogens (tertiary/aromatic N) is 2. The van der Waals surface area contributed by atoms with Crippen molar-refractivity contribution < 1.29 is 19.4 Å². The number of carbonyl (C=O) groups excluding carboxylic acids is 1. The fraction of sp³-hybridized carbons (Fsp3) is 0.417. The minimum absolute atomic E-state index is 0.0140. The van der Waals surface area contributed by atoms with Crippen molar-refractivity contribution in [3.8, 4) is 0 Å². The molecule has 1 aromatic rings. The first-order valence-electron chi connectivity index (χ1n) is 5.67. The van der Waals surface area contributed by atoms with E-state index in [2.05, 4.69) is 4.98 Å². The number of aromatic nitrogens is 1. The Balaban J connectivity index is 1.97. The van der Waals surface area contributed by atoms with E-state index >= 15 is 0 Å². The van der Waals surface area contributed by atoms with Gasteiger partial charge in [0.25, 0.3) is 0 Å². The summed E-state index contributed by atoms with van der Waals surface area (Å²) in [6.07, 6.45) is 2.92. The predicted molar refractivity (Wildman–Crippen MR) is 61.7 cm³/mol. The summed E-state index contributed by atoms with van der Waals surface area (Å²) in [7, 11) is 0. The minimum Gasteiger partial charge on any atom is -0.481 e. The van der Waals surface area contributed by atoms with E-state index < -0.39 is 12.1 Å². The molecule has 6 nitrogen and oxygen atoms in total. The zero-order chi connectivity index (χ0) is 13.0. The van der Waals surface area contributed by atoms with Crippen molar-refractivity contribution in [2.75, 3.05) is 13.2 Å². The van der Waals surface area contributed by atoms with E-state index in [-0.39, 0.29) is 18.9 Å². The highest BCUT2D eigenvalue weighted by Gasteiger charge is 2.28. The fourth-order valence-corrected chi connectivity index (χ4v) is 1.93. The number of carbonyl (C=O) groups is 2. The lowest BCUT2D eigenvalue weighted by molar-refractivity contribution is -0.139. The first kappa shape index (κ1) is 12.3. The molecule has 1 atom stereocenters. The zero-order valence-electron chi connectivity index (χ0n) is 9.78. The highest BCUT2D eigenvalue weighted by molar-refractivity contribution is 5.70. The van der Waals surface area contributed by atoms with Crippen molar-refractivity contribution in [2.45, 2.75) is 13.0 Å². The largest absolute Gasteiger partial charge is 0.481 e. The van der Waals surface area contributed by atoms with Crippen molar-refractivity contribution in [3.05, 3.63) is 30.1 Å². The number of rotatable bonds is 4. The Labute approximate surface area is 104 Å². The van der Waals surface area contributed by atoms with Gasteiger partial charge >= 0.3 is 12.1 Å². The summed E-state index contributed by atoms with van der Waals surface area (Å²) in [6, 6.07) is 3.63. The van der Waals surface area contributed by atoms with Crippen LogP contribution in [-0.4, -0.2) is 40.2 Å². The van der Waals surface area contributed by atoms with Crippen molar-refractivity contribution in [2.24, 2.45) is 5.92 Å².